The molecule has 0 aliphatic rings. The van der Waals surface area contributed by atoms with Crippen LogP contribution in [0.25, 0.3) is 0 Å². The Kier molecular flexibility index (Phi) is 5.37. The van der Waals surface area contributed by atoms with Crippen molar-refractivity contribution >= 4 is 17.7 Å². The molecule has 20 heavy (non-hydrogen) atoms. The number of carbonyl (C=O) groups excluding carboxylic acids is 1. The molecule has 2 amide bonds. The number of nitrogens with one attached hydrogen (secondary N) is 1. The zero-order chi connectivity index (χ0) is 15.3. The van der Waals surface area contributed by atoms with Gasteiger partial charge in [0.2, 0.25) is 0 Å². The van der Waals surface area contributed by atoms with E-state index in [0.717, 1.165) is 5.56 Å². The lowest BCUT2D eigenvalue weighted by atomic mass is 10.2. The summed E-state index contributed by atoms with van der Waals surface area (Å²) in [4.78, 5) is 24.2. The van der Waals surface area contributed by atoms with Crippen LogP contribution in [0, 0.1) is 6.92 Å². The molecule has 2 N–H and O–H groups in total. The van der Waals surface area contributed by atoms with E-state index in [1.807, 2.05) is 13.0 Å². The SMILES string of the molecule is COc1ccc(C)cc1NC(=O)N(CC(=O)O)C(C)C. The van der Waals surface area contributed by atoms with Gasteiger partial charge in [0.15, 0.2) is 0 Å². The van der Waals surface area contributed by atoms with E-state index in [1.165, 1.54) is 12.0 Å². The number of carbonyl (C=O) groups is 2. The number of aryl methyl sites for hydroxylation is 1. The summed E-state index contributed by atoms with van der Waals surface area (Å²) in [5.41, 5.74) is 1.49. The number of rotatable bonds is 5. The Morgan fingerprint density at radius 3 is 2.55 bits per heavy atom. The van der Waals surface area contributed by atoms with Crippen LogP contribution in [-0.2, 0) is 4.79 Å². The molecule has 0 aliphatic carbocycles. The van der Waals surface area contributed by atoms with E-state index in [0.29, 0.717) is 11.4 Å². The average Bonchev–Trinajstić information content (AvgIpc) is 2.35. The van der Waals surface area contributed by atoms with Crippen LogP contribution in [0.4, 0.5) is 10.5 Å². The Morgan fingerprint density at radius 2 is 2.05 bits per heavy atom. The number of anilines is 1. The van der Waals surface area contributed by atoms with Gasteiger partial charge < -0.3 is 20.1 Å². The Balaban J connectivity index is 2.93. The summed E-state index contributed by atoms with van der Waals surface area (Å²) in [6, 6.07) is 4.71. The van der Waals surface area contributed by atoms with Crippen molar-refractivity contribution in [3.8, 4) is 5.75 Å². The first kappa shape index (κ1) is 15.8. The number of ether oxygens (including phenoxy) is 1. The molecule has 0 heterocycles. The van der Waals surface area contributed by atoms with Crippen LogP contribution in [0.2, 0.25) is 0 Å². The summed E-state index contributed by atoms with van der Waals surface area (Å²) < 4.78 is 5.17. The fourth-order valence-electron chi connectivity index (χ4n) is 1.74. The molecule has 0 spiro atoms. The van der Waals surface area contributed by atoms with E-state index in [2.05, 4.69) is 5.32 Å². The highest BCUT2D eigenvalue weighted by Gasteiger charge is 2.20. The van der Waals surface area contributed by atoms with Gasteiger partial charge in [-0.15, -0.1) is 0 Å². The molecule has 110 valence electrons. The van der Waals surface area contributed by atoms with E-state index in [1.54, 1.807) is 26.0 Å². The number of carboxylic acids is 1. The quantitative estimate of drug-likeness (QED) is 0.867. The van der Waals surface area contributed by atoms with Crippen molar-refractivity contribution in [1.29, 1.82) is 0 Å². The van der Waals surface area contributed by atoms with Gasteiger partial charge in [0.25, 0.3) is 0 Å². The Morgan fingerprint density at radius 1 is 1.40 bits per heavy atom. The van der Waals surface area contributed by atoms with Crippen LogP contribution in [-0.4, -0.2) is 41.7 Å². The molecule has 6 heteroatoms. The molecule has 1 rings (SSSR count). The lowest BCUT2D eigenvalue weighted by Crippen LogP contribution is -2.43. The minimum absolute atomic E-state index is 0.220. The number of methoxy groups -OCH3 is 1. The van der Waals surface area contributed by atoms with Crippen LogP contribution < -0.4 is 10.1 Å². The van der Waals surface area contributed by atoms with E-state index < -0.39 is 12.0 Å². The molecular weight excluding hydrogens is 260 g/mol. The number of aliphatic carboxylic acids is 1. The second-order valence-electron chi connectivity index (χ2n) is 4.75. The molecule has 0 saturated carbocycles. The molecule has 0 unspecified atom stereocenters. The first-order chi connectivity index (χ1) is 9.35. The number of carboxylic acid groups (broad SMARTS) is 1. The summed E-state index contributed by atoms with van der Waals surface area (Å²) in [6.45, 7) is 5.07. The number of benzene rings is 1. The first-order valence-electron chi connectivity index (χ1n) is 6.29. The normalized spacial score (nSPS) is 10.2. The molecule has 0 aliphatic heterocycles. The van der Waals surface area contributed by atoms with Gasteiger partial charge in [-0.2, -0.15) is 0 Å². The van der Waals surface area contributed by atoms with Gasteiger partial charge in [-0.05, 0) is 38.5 Å². The average molecular weight is 280 g/mol. The summed E-state index contributed by atoms with van der Waals surface area (Å²) in [6.07, 6.45) is 0. The number of hydrogen-bond donors (Lipinski definition) is 2. The lowest BCUT2D eigenvalue weighted by molar-refractivity contribution is -0.137. The monoisotopic (exact) mass is 280 g/mol. The third kappa shape index (κ3) is 4.15. The van der Waals surface area contributed by atoms with Crippen molar-refractivity contribution in [2.75, 3.05) is 19.0 Å². The maximum absolute atomic E-state index is 12.2. The van der Waals surface area contributed by atoms with Crippen LogP contribution in [0.15, 0.2) is 18.2 Å². The fraction of sp³-hybridized carbons (Fsp3) is 0.429. The second kappa shape index (κ2) is 6.79. The summed E-state index contributed by atoms with van der Waals surface area (Å²) >= 11 is 0. The fourth-order valence-corrected chi connectivity index (χ4v) is 1.74. The van der Waals surface area contributed by atoms with Gasteiger partial charge in [-0.1, -0.05) is 6.07 Å². The van der Waals surface area contributed by atoms with Crippen molar-refractivity contribution in [2.45, 2.75) is 26.8 Å². The maximum atomic E-state index is 12.2. The van der Waals surface area contributed by atoms with Crippen molar-refractivity contribution in [1.82, 2.24) is 4.90 Å². The minimum Gasteiger partial charge on any atom is -0.495 e. The number of hydrogen-bond acceptors (Lipinski definition) is 3. The van der Waals surface area contributed by atoms with E-state index in [-0.39, 0.29) is 12.6 Å². The Bertz CT molecular complexity index is 500. The largest absolute Gasteiger partial charge is 0.495 e. The molecule has 0 bridgehead atoms. The zero-order valence-electron chi connectivity index (χ0n) is 12.1. The highest BCUT2D eigenvalue weighted by atomic mass is 16.5. The predicted molar refractivity (Wildman–Crippen MR) is 76.2 cm³/mol. The summed E-state index contributed by atoms with van der Waals surface area (Å²) in [5, 5.41) is 11.5. The molecule has 1 aromatic rings. The Labute approximate surface area is 118 Å². The standard InChI is InChI=1S/C14H20N2O4/c1-9(2)16(8-13(17)18)14(19)15-11-7-10(3)5-6-12(11)20-4/h5-7,9H,8H2,1-4H3,(H,15,19)(H,17,18). The van der Waals surface area contributed by atoms with Crippen molar-refractivity contribution in [2.24, 2.45) is 0 Å². The van der Waals surface area contributed by atoms with Gasteiger partial charge in [-0.3, -0.25) is 4.79 Å². The first-order valence-corrected chi connectivity index (χ1v) is 6.29. The number of nitrogens with zero attached hydrogens (tertiary/aromatic N) is 1. The predicted octanol–water partition coefficient (Wildman–Crippen LogP) is 2.33. The van der Waals surface area contributed by atoms with E-state index in [9.17, 15) is 9.59 Å². The summed E-state index contributed by atoms with van der Waals surface area (Å²) in [7, 11) is 1.51. The molecule has 0 fully saturated rings. The van der Waals surface area contributed by atoms with Crippen LogP contribution >= 0.6 is 0 Å². The molecule has 1 aromatic carbocycles. The molecule has 0 atom stereocenters. The molecular formula is C14H20N2O4. The highest BCUT2D eigenvalue weighted by molar-refractivity contribution is 5.93. The topological polar surface area (TPSA) is 78.9 Å². The highest BCUT2D eigenvalue weighted by Crippen LogP contribution is 2.25. The van der Waals surface area contributed by atoms with Gasteiger partial charge >= 0.3 is 12.0 Å². The second-order valence-corrected chi connectivity index (χ2v) is 4.75. The third-order valence-corrected chi connectivity index (χ3v) is 2.79. The molecule has 6 nitrogen and oxygen atoms in total. The van der Waals surface area contributed by atoms with Crippen molar-refractivity contribution in [3.63, 3.8) is 0 Å². The molecule has 0 radical (unpaired) electrons. The Hall–Kier alpha value is -2.24. The smallest absolute Gasteiger partial charge is 0.323 e. The van der Waals surface area contributed by atoms with Gasteiger partial charge in [-0.25, -0.2) is 4.79 Å². The number of urea groups is 1. The van der Waals surface area contributed by atoms with Gasteiger partial charge in [0.05, 0.1) is 12.8 Å². The number of amides is 2. The van der Waals surface area contributed by atoms with Crippen LogP contribution in [0.3, 0.4) is 0 Å². The van der Waals surface area contributed by atoms with Crippen LogP contribution in [0.1, 0.15) is 19.4 Å². The third-order valence-electron chi connectivity index (χ3n) is 2.79. The van der Waals surface area contributed by atoms with E-state index in [4.69, 9.17) is 9.84 Å². The van der Waals surface area contributed by atoms with Crippen LogP contribution in [0.5, 0.6) is 5.75 Å². The molecule has 0 aromatic heterocycles. The van der Waals surface area contributed by atoms with E-state index >= 15 is 0 Å². The lowest BCUT2D eigenvalue weighted by Gasteiger charge is -2.25. The van der Waals surface area contributed by atoms with Gasteiger partial charge in [0, 0.05) is 6.04 Å². The van der Waals surface area contributed by atoms with Gasteiger partial charge in [0.1, 0.15) is 12.3 Å². The van der Waals surface area contributed by atoms with Crippen molar-refractivity contribution in [3.05, 3.63) is 23.8 Å². The summed E-state index contributed by atoms with van der Waals surface area (Å²) in [5.74, 6) is -0.520. The minimum atomic E-state index is -1.05. The molecule has 0 saturated heterocycles. The zero-order valence-corrected chi connectivity index (χ0v) is 12.1. The van der Waals surface area contributed by atoms with Crippen molar-refractivity contribution < 1.29 is 19.4 Å². The maximum Gasteiger partial charge on any atom is 0.323 e.